The molecule has 1 saturated carbocycles. The number of ether oxygens (including phenoxy) is 1. The van der Waals surface area contributed by atoms with Crippen molar-refractivity contribution >= 4 is 34.4 Å². The summed E-state index contributed by atoms with van der Waals surface area (Å²) in [5, 5.41) is 0. The molecule has 3 aliphatic rings. The zero-order valence-electron chi connectivity index (χ0n) is 21.2. The predicted octanol–water partition coefficient (Wildman–Crippen LogP) is 5.80. The number of rotatable bonds is 6. The molecule has 0 aromatic heterocycles. The molecule has 37 heavy (non-hydrogen) atoms. The van der Waals surface area contributed by atoms with Crippen LogP contribution in [0.2, 0.25) is 0 Å². The number of fused-ring (bicyclic) bond motifs is 5. The molecule has 0 spiro atoms. The highest BCUT2D eigenvalue weighted by Crippen LogP contribution is 2.75. The molecule has 186 valence electrons. The van der Waals surface area contributed by atoms with Crippen LogP contribution in [0.25, 0.3) is 11.1 Å². The first-order valence-electron chi connectivity index (χ1n) is 12.9. The van der Waals surface area contributed by atoms with Gasteiger partial charge >= 0.3 is 0 Å². The van der Waals surface area contributed by atoms with Crippen LogP contribution in [0.4, 0.5) is 5.69 Å². The van der Waals surface area contributed by atoms with E-state index in [4.69, 9.17) is 4.74 Å². The first-order valence-corrected chi connectivity index (χ1v) is 12.9. The van der Waals surface area contributed by atoms with E-state index in [1.54, 1.807) is 31.4 Å². The van der Waals surface area contributed by atoms with Crippen LogP contribution >= 0.6 is 0 Å². The van der Waals surface area contributed by atoms with Gasteiger partial charge in [0, 0.05) is 6.07 Å². The fourth-order valence-electron chi connectivity index (χ4n) is 7.46. The van der Waals surface area contributed by atoms with Crippen molar-refractivity contribution < 1.29 is 19.1 Å². The largest absolute Gasteiger partial charge is 0.497 e. The third kappa shape index (κ3) is 2.77. The second-order valence-corrected chi connectivity index (χ2v) is 10.1. The first kappa shape index (κ1) is 23.4. The molecule has 3 aromatic rings. The van der Waals surface area contributed by atoms with Gasteiger partial charge < -0.3 is 4.74 Å². The van der Waals surface area contributed by atoms with Gasteiger partial charge in [0.25, 0.3) is 0 Å². The Morgan fingerprint density at radius 3 is 1.62 bits per heavy atom. The van der Waals surface area contributed by atoms with Crippen LogP contribution in [0.5, 0.6) is 5.75 Å². The average molecular weight is 492 g/mol. The number of nitrogens with zero attached hydrogens (tertiary/aromatic N) is 1. The van der Waals surface area contributed by atoms with Gasteiger partial charge in [0.05, 0.1) is 35.5 Å². The Kier molecular flexibility index (Phi) is 5.23. The zero-order chi connectivity index (χ0) is 25.9. The molecule has 1 aliphatic heterocycles. The summed E-state index contributed by atoms with van der Waals surface area (Å²) in [5.41, 5.74) is 2.01. The van der Waals surface area contributed by atoms with Crippen LogP contribution in [0.3, 0.4) is 0 Å². The lowest BCUT2D eigenvalue weighted by Crippen LogP contribution is -2.41. The van der Waals surface area contributed by atoms with Crippen LogP contribution < -0.4 is 9.64 Å². The molecular formula is C32H29NO4. The Labute approximate surface area is 216 Å². The predicted molar refractivity (Wildman–Crippen MR) is 143 cm³/mol. The summed E-state index contributed by atoms with van der Waals surface area (Å²) in [5.74, 6) is -1.50. The van der Waals surface area contributed by atoms with Crippen molar-refractivity contribution in [3.63, 3.8) is 0 Å². The highest BCUT2D eigenvalue weighted by Gasteiger charge is 2.80. The van der Waals surface area contributed by atoms with Crippen molar-refractivity contribution in [1.82, 2.24) is 0 Å². The zero-order valence-corrected chi connectivity index (χ0v) is 21.2. The fraction of sp³-hybridized carbons (Fsp3) is 0.281. The number of hydrogen-bond donors (Lipinski definition) is 0. The summed E-state index contributed by atoms with van der Waals surface area (Å²) >= 11 is 0. The topological polar surface area (TPSA) is 63.7 Å². The van der Waals surface area contributed by atoms with Crippen LogP contribution in [-0.4, -0.2) is 24.7 Å². The Morgan fingerprint density at radius 2 is 1.19 bits per heavy atom. The second kappa shape index (κ2) is 8.27. The summed E-state index contributed by atoms with van der Waals surface area (Å²) in [4.78, 5) is 44.5. The number of imide groups is 1. The SMILES string of the molecule is CC[C@]12C(=O)[C@](CC)(C(c3ccccc3)=C1c1ccccc1)[C@H]1C(=O)N(c3cccc(OC)c3)C(=O)[C@@H]12. The number of carbonyl (C=O) groups excluding carboxylic acids is 3. The summed E-state index contributed by atoms with van der Waals surface area (Å²) in [6.45, 7) is 3.95. The van der Waals surface area contributed by atoms with Crippen molar-refractivity contribution in [3.05, 3.63) is 96.1 Å². The standard InChI is InChI=1S/C32H29NO4/c1-4-31-24(20-13-8-6-9-14-20)25(21-15-10-7-11-16-21)32(5-2,30(31)36)27-26(31)28(34)33(29(27)35)22-17-12-18-23(19-22)37-3/h6-19,26-27H,4-5H2,1-3H3/t26-,27-,31-,32+/m1/s1. The van der Waals surface area contributed by atoms with Gasteiger partial charge in [0.1, 0.15) is 5.75 Å². The maximum absolute atomic E-state index is 14.7. The lowest BCUT2D eigenvalue weighted by atomic mass is 9.60. The molecule has 0 unspecified atom stereocenters. The van der Waals surface area contributed by atoms with Crippen molar-refractivity contribution in [2.24, 2.45) is 22.7 Å². The molecule has 2 aliphatic carbocycles. The number of allylic oxidation sites excluding steroid dienone is 2. The molecule has 4 atom stereocenters. The van der Waals surface area contributed by atoms with Crippen molar-refractivity contribution in [3.8, 4) is 5.75 Å². The third-order valence-electron chi connectivity index (χ3n) is 8.87. The number of amides is 2. The normalized spacial score (nSPS) is 28.3. The lowest BCUT2D eigenvalue weighted by Gasteiger charge is -2.38. The van der Waals surface area contributed by atoms with Crippen LogP contribution in [0, 0.1) is 22.7 Å². The Hall–Kier alpha value is -3.99. The summed E-state index contributed by atoms with van der Waals surface area (Å²) in [7, 11) is 1.56. The molecule has 3 aromatic carbocycles. The van der Waals surface area contributed by atoms with Crippen molar-refractivity contribution in [1.29, 1.82) is 0 Å². The van der Waals surface area contributed by atoms with Gasteiger partial charge in [-0.25, -0.2) is 4.90 Å². The van der Waals surface area contributed by atoms with E-state index >= 15 is 0 Å². The number of anilines is 1. The maximum atomic E-state index is 14.7. The average Bonchev–Trinajstić information content (AvgIpc) is 3.45. The van der Waals surface area contributed by atoms with Crippen molar-refractivity contribution in [2.75, 3.05) is 12.0 Å². The molecular weight excluding hydrogens is 462 g/mol. The number of hydrogen-bond acceptors (Lipinski definition) is 4. The molecule has 0 radical (unpaired) electrons. The van der Waals surface area contributed by atoms with E-state index in [9.17, 15) is 14.4 Å². The van der Waals surface area contributed by atoms with Crippen LogP contribution in [-0.2, 0) is 14.4 Å². The molecule has 5 heteroatoms. The van der Waals surface area contributed by atoms with E-state index < -0.39 is 22.7 Å². The summed E-state index contributed by atoms with van der Waals surface area (Å²) < 4.78 is 5.37. The van der Waals surface area contributed by atoms with Crippen molar-refractivity contribution in [2.45, 2.75) is 26.7 Å². The molecule has 6 rings (SSSR count). The molecule has 2 bridgehead atoms. The molecule has 0 N–H and O–H groups in total. The number of Topliss-reactive ketones (excluding diaryl/α,β-unsaturated/α-hetero) is 1. The van der Waals surface area contributed by atoms with Crippen LogP contribution in [0.1, 0.15) is 37.8 Å². The lowest BCUT2D eigenvalue weighted by molar-refractivity contribution is -0.134. The third-order valence-corrected chi connectivity index (χ3v) is 8.87. The molecule has 1 saturated heterocycles. The minimum atomic E-state index is -1.08. The van der Waals surface area contributed by atoms with E-state index in [-0.39, 0.29) is 17.6 Å². The van der Waals surface area contributed by atoms with E-state index in [1.165, 1.54) is 4.90 Å². The monoisotopic (exact) mass is 491 g/mol. The van der Waals surface area contributed by atoms with Gasteiger partial charge in [0.15, 0.2) is 5.78 Å². The van der Waals surface area contributed by atoms with E-state index in [0.29, 0.717) is 24.3 Å². The summed E-state index contributed by atoms with van der Waals surface area (Å²) in [6, 6.07) is 26.8. The number of benzene rings is 3. The highest BCUT2D eigenvalue weighted by molar-refractivity contribution is 6.34. The van der Waals surface area contributed by atoms with Gasteiger partial charge in [-0.3, -0.25) is 14.4 Å². The maximum Gasteiger partial charge on any atom is 0.239 e. The Morgan fingerprint density at radius 1 is 0.703 bits per heavy atom. The molecule has 2 fully saturated rings. The van der Waals surface area contributed by atoms with Gasteiger partial charge in [0.2, 0.25) is 11.8 Å². The molecule has 1 heterocycles. The van der Waals surface area contributed by atoms with Gasteiger partial charge in [-0.1, -0.05) is 80.6 Å². The quantitative estimate of drug-likeness (QED) is 0.409. The Bertz CT molecular complexity index is 1370. The van der Waals surface area contributed by atoms with Gasteiger partial charge in [-0.05, 0) is 47.2 Å². The molecule has 2 amide bonds. The number of methoxy groups -OCH3 is 1. The minimum Gasteiger partial charge on any atom is -0.497 e. The minimum absolute atomic E-state index is 0.0182. The summed E-state index contributed by atoms with van der Waals surface area (Å²) in [6.07, 6.45) is 0.889. The van der Waals surface area contributed by atoms with Gasteiger partial charge in [-0.2, -0.15) is 0 Å². The fourth-order valence-corrected chi connectivity index (χ4v) is 7.46. The molecule has 5 nitrogen and oxygen atoms in total. The number of carbonyl (C=O) groups is 3. The van der Waals surface area contributed by atoms with E-state index in [2.05, 4.69) is 0 Å². The second-order valence-electron chi connectivity index (χ2n) is 10.1. The van der Waals surface area contributed by atoms with Crippen LogP contribution in [0.15, 0.2) is 84.9 Å². The number of ketones is 1. The smallest absolute Gasteiger partial charge is 0.239 e. The van der Waals surface area contributed by atoms with E-state index in [0.717, 1.165) is 22.3 Å². The van der Waals surface area contributed by atoms with E-state index in [1.807, 2.05) is 74.5 Å². The Balaban J connectivity index is 1.66. The highest BCUT2D eigenvalue weighted by atomic mass is 16.5. The van der Waals surface area contributed by atoms with Gasteiger partial charge in [-0.15, -0.1) is 0 Å². The first-order chi connectivity index (χ1) is 18.0.